The molecule has 0 amide bonds. The van der Waals surface area contributed by atoms with Crippen LogP contribution < -0.4 is 11.3 Å². The summed E-state index contributed by atoms with van der Waals surface area (Å²) >= 11 is -0.970. The number of rotatable bonds is 2. The van der Waals surface area contributed by atoms with Crippen molar-refractivity contribution in [1.29, 1.82) is 0 Å². The molecule has 0 aliphatic heterocycles. The van der Waals surface area contributed by atoms with E-state index in [-0.39, 0.29) is 0 Å². The summed E-state index contributed by atoms with van der Waals surface area (Å²) in [6, 6.07) is 3.40. The molecule has 0 radical (unpaired) electrons. The number of hydrogen-bond acceptors (Lipinski definition) is 4. The molecule has 0 saturated carbocycles. The van der Waals surface area contributed by atoms with Crippen molar-refractivity contribution in [3.63, 3.8) is 0 Å². The van der Waals surface area contributed by atoms with E-state index < -0.39 is 11.2 Å². The summed E-state index contributed by atoms with van der Waals surface area (Å²) in [5.41, 5.74) is 2.38. The Morgan fingerprint density at radius 3 is 2.73 bits per heavy atom. The van der Waals surface area contributed by atoms with Crippen molar-refractivity contribution < 1.29 is 4.55 Å². The Bertz CT molecular complexity index is 224. The number of nitrogen functional groups attached to an aromatic ring is 1. The first-order valence-electron chi connectivity index (χ1n) is 3.00. The van der Waals surface area contributed by atoms with Crippen LogP contribution >= 0.6 is 0 Å². The zero-order chi connectivity index (χ0) is 8.27. The first-order valence-corrected chi connectivity index (χ1v) is 4.56. The van der Waals surface area contributed by atoms with Crippen molar-refractivity contribution in [3.05, 3.63) is 18.3 Å². The number of nitrogens with zero attached hydrogens (tertiary/aromatic N) is 1. The zero-order valence-electron chi connectivity index (χ0n) is 6.07. The fraction of sp³-hybridized carbons (Fsp3) is 0.167. The standard InChI is InChI=1S/C6H9N3OS/c1-11(10)5-2-3-6(9-7)8-4-5/h2-4H,7H2,1H3,(H,8,9)/t11-/m0/s1. The molecule has 5 heteroatoms. The van der Waals surface area contributed by atoms with Crippen molar-refractivity contribution in [2.75, 3.05) is 11.7 Å². The summed E-state index contributed by atoms with van der Waals surface area (Å²) in [7, 11) is 0. The van der Waals surface area contributed by atoms with Gasteiger partial charge in [-0.05, 0) is 23.3 Å². The van der Waals surface area contributed by atoms with E-state index in [0.29, 0.717) is 10.7 Å². The highest BCUT2D eigenvalue weighted by Crippen LogP contribution is 2.08. The molecule has 0 aliphatic rings. The molecule has 4 nitrogen and oxygen atoms in total. The van der Waals surface area contributed by atoms with E-state index >= 15 is 0 Å². The van der Waals surface area contributed by atoms with Crippen LogP contribution in [0.2, 0.25) is 0 Å². The third kappa shape index (κ3) is 2.07. The van der Waals surface area contributed by atoms with Crippen LogP contribution in [-0.4, -0.2) is 15.8 Å². The minimum atomic E-state index is -0.970. The lowest BCUT2D eigenvalue weighted by molar-refractivity contribution is 0.600. The maximum absolute atomic E-state index is 10.9. The van der Waals surface area contributed by atoms with Gasteiger partial charge in [-0.25, -0.2) is 10.8 Å². The number of aromatic nitrogens is 1. The van der Waals surface area contributed by atoms with Gasteiger partial charge in [-0.3, -0.25) is 0 Å². The summed E-state index contributed by atoms with van der Waals surface area (Å²) in [4.78, 5) is 4.59. The second kappa shape index (κ2) is 3.56. The van der Waals surface area contributed by atoms with Gasteiger partial charge in [0, 0.05) is 0 Å². The molecule has 1 heterocycles. The topological polar surface area (TPSA) is 74.0 Å². The molecule has 0 fully saturated rings. The predicted molar refractivity (Wildman–Crippen MR) is 44.4 cm³/mol. The SMILES string of the molecule is C[S@+]([O-])c1ccc(NN)nc1. The Morgan fingerprint density at radius 2 is 2.36 bits per heavy atom. The molecule has 0 spiro atoms. The molecule has 0 bridgehead atoms. The monoisotopic (exact) mass is 171 g/mol. The van der Waals surface area contributed by atoms with Gasteiger partial charge in [0.05, 0.1) is 6.20 Å². The van der Waals surface area contributed by atoms with Gasteiger partial charge in [0.25, 0.3) is 0 Å². The summed E-state index contributed by atoms with van der Waals surface area (Å²) < 4.78 is 10.9. The quantitative estimate of drug-likeness (QED) is 0.376. The fourth-order valence-electron chi connectivity index (χ4n) is 0.636. The fourth-order valence-corrected chi connectivity index (χ4v) is 1.10. The molecule has 60 valence electrons. The molecule has 0 aromatic carbocycles. The molecule has 0 aliphatic carbocycles. The number of pyridine rings is 1. The van der Waals surface area contributed by atoms with Crippen molar-refractivity contribution in [2.45, 2.75) is 4.90 Å². The highest BCUT2D eigenvalue weighted by Gasteiger charge is 2.02. The summed E-state index contributed by atoms with van der Waals surface area (Å²) in [5, 5.41) is 0. The van der Waals surface area contributed by atoms with Gasteiger partial charge in [0.1, 0.15) is 12.1 Å². The van der Waals surface area contributed by atoms with Crippen molar-refractivity contribution >= 4 is 17.0 Å². The Morgan fingerprint density at radius 1 is 1.64 bits per heavy atom. The van der Waals surface area contributed by atoms with E-state index in [1.54, 1.807) is 18.4 Å². The molecular formula is C6H9N3OS. The highest BCUT2D eigenvalue weighted by molar-refractivity contribution is 7.90. The van der Waals surface area contributed by atoms with Crippen LogP contribution in [0.5, 0.6) is 0 Å². The van der Waals surface area contributed by atoms with Crippen LogP contribution in [0.3, 0.4) is 0 Å². The van der Waals surface area contributed by atoms with Crippen LogP contribution in [-0.2, 0) is 11.2 Å². The van der Waals surface area contributed by atoms with Gasteiger partial charge >= 0.3 is 0 Å². The van der Waals surface area contributed by atoms with Crippen LogP contribution in [0.15, 0.2) is 23.2 Å². The maximum atomic E-state index is 10.9. The lowest BCUT2D eigenvalue weighted by Crippen LogP contribution is -2.08. The second-order valence-corrected chi connectivity index (χ2v) is 3.36. The lowest BCUT2D eigenvalue weighted by atomic mass is 10.5. The first-order chi connectivity index (χ1) is 5.24. The highest BCUT2D eigenvalue weighted by atomic mass is 32.2. The molecule has 1 aromatic heterocycles. The maximum Gasteiger partial charge on any atom is 0.170 e. The van der Waals surface area contributed by atoms with E-state index in [9.17, 15) is 4.55 Å². The Hall–Kier alpha value is -0.780. The van der Waals surface area contributed by atoms with Crippen molar-refractivity contribution in [3.8, 4) is 0 Å². The molecule has 1 atom stereocenters. The zero-order valence-corrected chi connectivity index (χ0v) is 6.89. The smallest absolute Gasteiger partial charge is 0.170 e. The number of anilines is 1. The number of nitrogens with one attached hydrogen (secondary N) is 1. The van der Waals surface area contributed by atoms with Crippen LogP contribution in [0.25, 0.3) is 0 Å². The molecule has 3 N–H and O–H groups in total. The van der Waals surface area contributed by atoms with Crippen LogP contribution in [0.4, 0.5) is 5.82 Å². The molecular weight excluding hydrogens is 162 g/mol. The Kier molecular flexibility index (Phi) is 2.70. The third-order valence-corrected chi connectivity index (χ3v) is 2.12. The van der Waals surface area contributed by atoms with E-state index in [2.05, 4.69) is 10.4 Å². The van der Waals surface area contributed by atoms with Crippen LogP contribution in [0, 0.1) is 0 Å². The molecule has 0 unspecified atom stereocenters. The normalized spacial score (nSPS) is 12.6. The second-order valence-electron chi connectivity index (χ2n) is 1.98. The van der Waals surface area contributed by atoms with Crippen molar-refractivity contribution in [2.24, 2.45) is 5.84 Å². The third-order valence-electron chi connectivity index (χ3n) is 1.22. The molecule has 11 heavy (non-hydrogen) atoms. The van der Waals surface area contributed by atoms with Gasteiger partial charge < -0.3 is 9.98 Å². The first kappa shape index (κ1) is 8.32. The number of hydrazine groups is 1. The average molecular weight is 171 g/mol. The van der Waals surface area contributed by atoms with E-state index in [1.807, 2.05) is 0 Å². The lowest BCUT2D eigenvalue weighted by Gasteiger charge is -2.03. The minimum Gasteiger partial charge on any atom is -0.612 e. The minimum absolute atomic E-state index is 0.569. The summed E-state index contributed by atoms with van der Waals surface area (Å²) in [6.07, 6.45) is 3.14. The van der Waals surface area contributed by atoms with E-state index in [4.69, 9.17) is 5.84 Å². The van der Waals surface area contributed by atoms with Gasteiger partial charge in [-0.15, -0.1) is 0 Å². The molecule has 1 aromatic rings. The summed E-state index contributed by atoms with van der Waals surface area (Å²) in [6.45, 7) is 0. The number of hydrogen-bond donors (Lipinski definition) is 2. The van der Waals surface area contributed by atoms with Gasteiger partial charge in [0.2, 0.25) is 0 Å². The Labute approximate surface area is 68.0 Å². The van der Waals surface area contributed by atoms with Crippen LogP contribution in [0.1, 0.15) is 0 Å². The van der Waals surface area contributed by atoms with E-state index in [0.717, 1.165) is 0 Å². The van der Waals surface area contributed by atoms with Crippen molar-refractivity contribution in [1.82, 2.24) is 4.98 Å². The molecule has 1 rings (SSSR count). The average Bonchev–Trinajstić information content (AvgIpc) is 2.05. The van der Waals surface area contributed by atoms with E-state index in [1.165, 1.54) is 6.20 Å². The predicted octanol–water partition coefficient (Wildman–Crippen LogP) is 0.105. The number of nitrogens with two attached hydrogens (primary N) is 1. The van der Waals surface area contributed by atoms with Gasteiger partial charge in [-0.1, -0.05) is 0 Å². The summed E-state index contributed by atoms with van der Waals surface area (Å²) in [5.74, 6) is 5.66. The van der Waals surface area contributed by atoms with Gasteiger partial charge in [0.15, 0.2) is 4.90 Å². The van der Waals surface area contributed by atoms with Gasteiger partial charge in [-0.2, -0.15) is 0 Å². The largest absolute Gasteiger partial charge is 0.612 e. The Balaban J connectivity index is 2.83. The molecule has 0 saturated heterocycles.